The fraction of sp³-hybridized carbons (Fsp3) is 1.00. The maximum Gasteiger partial charge on any atom is 0.0828 e. The van der Waals surface area contributed by atoms with Gasteiger partial charge < -0.3 is 19.9 Å². The van der Waals surface area contributed by atoms with Gasteiger partial charge in [0.2, 0.25) is 0 Å². The number of nitrogens with two attached hydrogens (primary N) is 1. The van der Waals surface area contributed by atoms with Gasteiger partial charge in [-0.3, -0.25) is 4.90 Å². The Morgan fingerprint density at radius 2 is 2.12 bits per heavy atom. The van der Waals surface area contributed by atoms with Crippen LogP contribution in [-0.2, 0) is 14.2 Å². The van der Waals surface area contributed by atoms with Gasteiger partial charge in [-0.15, -0.1) is 0 Å². The smallest absolute Gasteiger partial charge is 0.0828 e. The molecule has 0 aromatic carbocycles. The average molecular weight is 246 g/mol. The monoisotopic (exact) mass is 246 g/mol. The zero-order chi connectivity index (χ0) is 12.5. The van der Waals surface area contributed by atoms with E-state index in [1.54, 1.807) is 7.11 Å². The van der Waals surface area contributed by atoms with E-state index in [0.29, 0.717) is 19.8 Å². The highest BCUT2D eigenvalue weighted by Gasteiger charge is 2.23. The normalized spacial score (nSPS) is 26.3. The van der Waals surface area contributed by atoms with Gasteiger partial charge >= 0.3 is 0 Å². The molecular weight excluding hydrogens is 220 g/mol. The molecule has 0 amide bonds. The summed E-state index contributed by atoms with van der Waals surface area (Å²) in [6.07, 6.45) is 1.52. The van der Waals surface area contributed by atoms with E-state index in [4.69, 9.17) is 19.9 Å². The van der Waals surface area contributed by atoms with Crippen molar-refractivity contribution >= 4 is 0 Å². The van der Waals surface area contributed by atoms with E-state index in [1.807, 2.05) is 0 Å². The summed E-state index contributed by atoms with van der Waals surface area (Å²) < 4.78 is 16.1. The third kappa shape index (κ3) is 6.33. The maximum atomic E-state index is 5.71. The maximum absolute atomic E-state index is 5.71. The Morgan fingerprint density at radius 1 is 1.29 bits per heavy atom. The van der Waals surface area contributed by atoms with Crippen molar-refractivity contribution < 1.29 is 14.2 Å². The third-order valence-electron chi connectivity index (χ3n) is 2.86. The molecule has 1 saturated heterocycles. The van der Waals surface area contributed by atoms with Crippen LogP contribution in [0.4, 0.5) is 0 Å². The van der Waals surface area contributed by atoms with E-state index in [-0.39, 0.29) is 12.2 Å². The lowest BCUT2D eigenvalue weighted by Gasteiger charge is -2.36. The number of morpholine rings is 1. The Morgan fingerprint density at radius 3 is 2.82 bits per heavy atom. The number of ether oxygens (including phenoxy) is 3. The highest BCUT2D eigenvalue weighted by atomic mass is 16.5. The molecule has 1 rings (SSSR count). The summed E-state index contributed by atoms with van der Waals surface area (Å²) in [4.78, 5) is 2.41. The van der Waals surface area contributed by atoms with E-state index in [0.717, 1.165) is 32.7 Å². The lowest BCUT2D eigenvalue weighted by Crippen LogP contribution is -2.49. The quantitative estimate of drug-likeness (QED) is 0.615. The minimum Gasteiger partial charge on any atom is -0.382 e. The van der Waals surface area contributed by atoms with Crippen LogP contribution in [0.1, 0.15) is 13.3 Å². The first-order chi connectivity index (χ1) is 8.26. The van der Waals surface area contributed by atoms with Crippen LogP contribution in [0.2, 0.25) is 0 Å². The van der Waals surface area contributed by atoms with Gasteiger partial charge in [-0.2, -0.15) is 0 Å². The Bertz CT molecular complexity index is 193. The summed E-state index contributed by atoms with van der Waals surface area (Å²) in [6.45, 7) is 7.84. The summed E-state index contributed by atoms with van der Waals surface area (Å²) in [6, 6.07) is 0. The van der Waals surface area contributed by atoms with Crippen LogP contribution in [0.5, 0.6) is 0 Å². The number of nitrogens with zero attached hydrogens (tertiary/aromatic N) is 1. The van der Waals surface area contributed by atoms with Crippen molar-refractivity contribution in [3.05, 3.63) is 0 Å². The Balaban J connectivity index is 2.05. The second-order valence-corrected chi connectivity index (χ2v) is 4.52. The molecular formula is C12H26N2O3. The van der Waals surface area contributed by atoms with Gasteiger partial charge in [0.25, 0.3) is 0 Å². The fourth-order valence-electron chi connectivity index (χ4n) is 2.09. The number of methoxy groups -OCH3 is 1. The van der Waals surface area contributed by atoms with Crippen LogP contribution in [-0.4, -0.2) is 70.2 Å². The Labute approximate surface area is 104 Å². The molecule has 1 heterocycles. The second-order valence-electron chi connectivity index (χ2n) is 4.52. The first kappa shape index (κ1) is 14.9. The molecule has 2 N–H and O–H groups in total. The zero-order valence-electron chi connectivity index (χ0n) is 11.1. The van der Waals surface area contributed by atoms with E-state index in [2.05, 4.69) is 11.8 Å². The van der Waals surface area contributed by atoms with Crippen molar-refractivity contribution in [1.82, 2.24) is 4.90 Å². The van der Waals surface area contributed by atoms with Crippen LogP contribution in [0.25, 0.3) is 0 Å². The molecule has 0 bridgehead atoms. The minimum absolute atomic E-state index is 0.188. The van der Waals surface area contributed by atoms with Crippen LogP contribution in [0.15, 0.2) is 0 Å². The van der Waals surface area contributed by atoms with E-state index in [9.17, 15) is 0 Å². The number of rotatable bonds is 8. The highest BCUT2D eigenvalue weighted by Crippen LogP contribution is 2.10. The van der Waals surface area contributed by atoms with Gasteiger partial charge in [-0.1, -0.05) is 0 Å². The van der Waals surface area contributed by atoms with E-state index >= 15 is 0 Å². The molecule has 0 aromatic heterocycles. The first-order valence-corrected chi connectivity index (χ1v) is 6.40. The Hall–Kier alpha value is -0.200. The van der Waals surface area contributed by atoms with E-state index in [1.165, 1.54) is 0 Å². The highest BCUT2D eigenvalue weighted by molar-refractivity contribution is 4.76. The fourth-order valence-corrected chi connectivity index (χ4v) is 2.09. The molecule has 1 fully saturated rings. The third-order valence-corrected chi connectivity index (χ3v) is 2.86. The van der Waals surface area contributed by atoms with Gasteiger partial charge in [-0.05, 0) is 13.3 Å². The number of hydrogen-bond acceptors (Lipinski definition) is 5. The lowest BCUT2D eigenvalue weighted by atomic mass is 10.2. The lowest BCUT2D eigenvalue weighted by molar-refractivity contribution is -0.0735. The summed E-state index contributed by atoms with van der Waals surface area (Å²) in [5, 5.41) is 0. The SMILES string of the molecule is COCCOCCCN1CC(C)OC(CN)C1. The predicted octanol–water partition coefficient (Wildman–Crippen LogP) is 0.0875. The van der Waals surface area contributed by atoms with Crippen LogP contribution >= 0.6 is 0 Å². The zero-order valence-corrected chi connectivity index (χ0v) is 11.1. The molecule has 0 aromatic rings. The van der Waals surface area contributed by atoms with Gasteiger partial charge in [0, 0.05) is 39.9 Å². The first-order valence-electron chi connectivity index (χ1n) is 6.40. The van der Waals surface area contributed by atoms with Crippen molar-refractivity contribution in [2.75, 3.05) is 53.1 Å². The largest absolute Gasteiger partial charge is 0.382 e. The molecule has 17 heavy (non-hydrogen) atoms. The van der Waals surface area contributed by atoms with Crippen LogP contribution in [0.3, 0.4) is 0 Å². The summed E-state index contributed by atoms with van der Waals surface area (Å²) in [7, 11) is 1.69. The van der Waals surface area contributed by atoms with Crippen LogP contribution < -0.4 is 5.73 Å². The van der Waals surface area contributed by atoms with Crippen molar-refractivity contribution in [3.8, 4) is 0 Å². The van der Waals surface area contributed by atoms with Gasteiger partial charge in [0.1, 0.15) is 0 Å². The molecule has 2 unspecified atom stereocenters. The summed E-state index contributed by atoms with van der Waals surface area (Å²) in [5.74, 6) is 0. The van der Waals surface area contributed by atoms with Crippen molar-refractivity contribution in [2.24, 2.45) is 5.73 Å². The molecule has 2 atom stereocenters. The van der Waals surface area contributed by atoms with Crippen LogP contribution in [0, 0.1) is 0 Å². The molecule has 0 spiro atoms. The van der Waals surface area contributed by atoms with Crippen molar-refractivity contribution in [3.63, 3.8) is 0 Å². The van der Waals surface area contributed by atoms with E-state index < -0.39 is 0 Å². The summed E-state index contributed by atoms with van der Waals surface area (Å²) >= 11 is 0. The average Bonchev–Trinajstić information content (AvgIpc) is 2.33. The number of hydrogen-bond donors (Lipinski definition) is 1. The van der Waals surface area contributed by atoms with Gasteiger partial charge in [-0.25, -0.2) is 0 Å². The molecule has 1 aliphatic heterocycles. The molecule has 5 heteroatoms. The van der Waals surface area contributed by atoms with Gasteiger partial charge in [0.05, 0.1) is 25.4 Å². The molecule has 0 aliphatic carbocycles. The minimum atomic E-state index is 0.188. The molecule has 0 radical (unpaired) electrons. The Kier molecular flexibility index (Phi) is 7.72. The standard InChI is InChI=1S/C12H26N2O3/c1-11-9-14(10-12(8-13)17-11)4-3-5-16-7-6-15-2/h11-12H,3-10,13H2,1-2H3. The van der Waals surface area contributed by atoms with Gasteiger partial charge in [0.15, 0.2) is 0 Å². The predicted molar refractivity (Wildman–Crippen MR) is 67.1 cm³/mol. The molecule has 102 valence electrons. The molecule has 1 aliphatic rings. The second kappa shape index (κ2) is 8.83. The molecule has 0 saturated carbocycles. The summed E-state index contributed by atoms with van der Waals surface area (Å²) in [5.41, 5.74) is 5.65. The van der Waals surface area contributed by atoms with Crippen molar-refractivity contribution in [2.45, 2.75) is 25.6 Å². The molecule has 5 nitrogen and oxygen atoms in total. The topological polar surface area (TPSA) is 57.0 Å². The van der Waals surface area contributed by atoms with Crippen molar-refractivity contribution in [1.29, 1.82) is 0 Å².